The lowest BCUT2D eigenvalue weighted by atomic mass is 10.1. The van der Waals surface area contributed by atoms with E-state index in [-0.39, 0.29) is 75.5 Å². The number of amides is 4. The third-order valence-corrected chi connectivity index (χ3v) is 16.1. The molecule has 8 aromatic rings. The summed E-state index contributed by atoms with van der Waals surface area (Å²) >= 11 is 0. The smallest absolute Gasteiger partial charge is 0.425 e. The molecule has 2 atom stereocenters. The monoisotopic (exact) mass is 1550 g/mol. The van der Waals surface area contributed by atoms with Gasteiger partial charge in [0.05, 0.1) is 50.3 Å². The van der Waals surface area contributed by atoms with Gasteiger partial charge in [0.2, 0.25) is 52.6 Å². The Morgan fingerprint density at radius 3 is 1.25 bits per heavy atom. The zero-order valence-corrected chi connectivity index (χ0v) is 59.6. The molecule has 6 heterocycles. The average molecular weight is 1550 g/mol. The first-order chi connectivity index (χ1) is 50.7. The number of imidazole rings is 2. The number of fused-ring (bicyclic) bond motifs is 6. The second kappa shape index (κ2) is 40.5. The number of benzene rings is 4. The number of nitrogen functional groups attached to an aromatic ring is 2. The molecule has 4 amide bonds. The molecule has 580 valence electrons. The Hall–Kier alpha value is -10.9. The normalized spacial score (nSPS) is 13.2. The van der Waals surface area contributed by atoms with E-state index in [9.17, 15) is 63.9 Å². The predicted molar refractivity (Wildman–Crippen MR) is 369 cm³/mol. The lowest BCUT2D eigenvalue weighted by molar-refractivity contribution is -0.139. The maximum absolute atomic E-state index is 13.7. The fourth-order valence-electron chi connectivity index (χ4n) is 10.8. The number of carbonyl (C=O) groups is 6. The van der Waals surface area contributed by atoms with Gasteiger partial charge in [-0.2, -0.15) is 17.6 Å². The summed E-state index contributed by atoms with van der Waals surface area (Å²) in [7, 11) is -6.22. The molecule has 0 unspecified atom stereocenters. The van der Waals surface area contributed by atoms with Crippen molar-refractivity contribution in [2.75, 3.05) is 100 Å². The van der Waals surface area contributed by atoms with Crippen molar-refractivity contribution in [2.24, 2.45) is 0 Å². The van der Waals surface area contributed by atoms with Gasteiger partial charge in [0.25, 0.3) is 0 Å². The van der Waals surface area contributed by atoms with Crippen molar-refractivity contribution in [2.45, 2.75) is 104 Å². The van der Waals surface area contributed by atoms with Gasteiger partial charge in [-0.1, -0.05) is 26.7 Å². The molecule has 107 heavy (non-hydrogen) atoms. The second-order valence-corrected chi connectivity index (χ2v) is 24.6. The number of nitrogens with two attached hydrogens (primary N) is 2. The molecule has 10 rings (SSSR count). The van der Waals surface area contributed by atoms with Crippen molar-refractivity contribution < 1.29 is 114 Å². The van der Waals surface area contributed by atoms with Crippen LogP contribution in [-0.4, -0.2) is 202 Å². The van der Waals surface area contributed by atoms with Crippen molar-refractivity contribution in [3.63, 3.8) is 0 Å². The van der Waals surface area contributed by atoms with E-state index in [0.717, 1.165) is 105 Å². The Morgan fingerprint density at radius 2 is 0.888 bits per heavy atom. The molecular formula is C66H76F8N14O17S2. The summed E-state index contributed by atoms with van der Waals surface area (Å²) in [6.07, 6.45) is 5.20. The van der Waals surface area contributed by atoms with Crippen LogP contribution in [0, 0.1) is 46.5 Å². The van der Waals surface area contributed by atoms with E-state index in [1.165, 1.54) is 0 Å². The highest BCUT2D eigenvalue weighted by molar-refractivity contribution is 7.59. The molecule has 4 aromatic heterocycles. The van der Waals surface area contributed by atoms with Gasteiger partial charge < -0.3 is 76.1 Å². The molecule has 10 N–H and O–H groups in total. The average Bonchev–Trinajstić information content (AvgIpc) is 1.69. The maximum Gasteiger partial charge on any atom is 0.425 e. The summed E-state index contributed by atoms with van der Waals surface area (Å²) < 4.78 is 168. The lowest BCUT2D eigenvalue weighted by Gasteiger charge is -2.37. The third kappa shape index (κ3) is 24.6. The zero-order chi connectivity index (χ0) is 78.9. The largest absolute Gasteiger partial charge is 0.503 e. The molecule has 0 spiro atoms. The number of aliphatic carboxylic acids is 1. The lowest BCUT2D eigenvalue weighted by Crippen LogP contribution is -2.54. The van der Waals surface area contributed by atoms with Crippen LogP contribution in [0.25, 0.3) is 43.9 Å². The summed E-state index contributed by atoms with van der Waals surface area (Å²) in [5.74, 6) is -17.7. The Bertz CT molecular complexity index is 4670. The number of hydrogen-bond donors (Lipinski definition) is 8. The van der Waals surface area contributed by atoms with Gasteiger partial charge in [-0.3, -0.25) is 28.8 Å². The molecule has 0 radical (unpaired) electrons. The van der Waals surface area contributed by atoms with Crippen LogP contribution in [0.4, 0.5) is 58.1 Å². The number of hydrogen-bond acceptors (Lipinski definition) is 24. The number of nitrogens with one attached hydrogen (secondary N) is 4. The minimum absolute atomic E-state index is 0.00498. The maximum atomic E-state index is 13.7. The standard InChI is InChI=1S/C33H37F4N7O5.C27H37N7O5.C6H2F4O.2O3S/c1-3-4-5-24-41-29-20-16-19(6-7-23(20)40-32(38)30(29)42-24)43-10-12-44(13-11-43)33(47)18(2)39-25(45)8-14-48-15-9-26(46)49-31-27(36)21(34)17-22(35)28(31)37;1-3-4-5-21-31-24-19-16-18(6-7-20(19)30-26(28)25(24)32-21)33-10-12-34(13-11-33)27(38)17(2)29-22(35)8-14-39-15-9-23(36)37;7-2-1-3(8)5(10)6(11)4(2)9;2*1-4(2)3/h6-7,16-18H,3-5,8-15H2,1-2H3,(H2,38,40)(H,39,45)(H,41,42);6-7,16-17H,3-5,8-15H2,1-2H3,(H2,28,30)(H,29,35)(H,31,32)(H,36,37);1,11H;;/t18-;17-;;;/m00.../s1. The number of anilines is 4. The van der Waals surface area contributed by atoms with Gasteiger partial charge in [0.15, 0.2) is 29.0 Å². The molecular weight excluding hydrogens is 1480 g/mol. The number of carboxylic acid groups (broad SMARTS) is 1. The van der Waals surface area contributed by atoms with Crippen molar-refractivity contribution >= 4 is 124 Å². The first kappa shape index (κ1) is 85.0. The number of pyridine rings is 2. The van der Waals surface area contributed by atoms with Gasteiger partial charge in [-0.05, 0) is 63.1 Å². The minimum atomic E-state index is -3.11. The number of esters is 1. The number of unbranched alkanes of at least 4 members (excludes halogenated alkanes) is 2. The van der Waals surface area contributed by atoms with Crippen LogP contribution in [0.15, 0.2) is 48.5 Å². The van der Waals surface area contributed by atoms with Crippen LogP contribution < -0.4 is 36.6 Å². The van der Waals surface area contributed by atoms with Gasteiger partial charge in [-0.15, -0.1) is 25.3 Å². The topological polar surface area (TPSA) is 445 Å². The van der Waals surface area contributed by atoms with E-state index in [4.69, 9.17) is 66.4 Å². The fourth-order valence-corrected chi connectivity index (χ4v) is 10.8. The zero-order valence-electron chi connectivity index (χ0n) is 57.9. The SMILES string of the molecule is CCCCc1nc2c([nH]1)c(N)nc1ccc(N3CCN(C(=O)[C@H](C)NC(=O)CCOCCC(=O)O)CC3)cc12.CCCCc1nc2c([nH]1)c(N)nc1ccc(N3CCN(C(=O)[C@H](C)NC(=O)CCOCCC(=O)Oc4c(F)c(F)cc(F)c4F)CC3)cc12.O=S(=O)=O.O=S(=O)=O.Oc1c(F)c(F)cc(F)c1F. The third-order valence-electron chi connectivity index (χ3n) is 16.1. The minimum Gasteiger partial charge on any atom is -0.503 e. The van der Waals surface area contributed by atoms with E-state index in [2.05, 4.69) is 65.0 Å². The van der Waals surface area contributed by atoms with E-state index in [0.29, 0.717) is 64.0 Å². The van der Waals surface area contributed by atoms with Crippen molar-refractivity contribution in [3.8, 4) is 11.5 Å². The van der Waals surface area contributed by atoms with Gasteiger partial charge in [-0.25, -0.2) is 37.5 Å². The summed E-state index contributed by atoms with van der Waals surface area (Å²) in [6.45, 7) is 11.7. The number of rotatable bonds is 25. The van der Waals surface area contributed by atoms with Crippen LogP contribution in [0.5, 0.6) is 11.5 Å². The first-order valence-electron chi connectivity index (χ1n) is 33.0. The number of ether oxygens (including phenoxy) is 3. The van der Waals surface area contributed by atoms with Crippen LogP contribution in [0.1, 0.15) is 90.7 Å². The van der Waals surface area contributed by atoms with Crippen LogP contribution in [0.2, 0.25) is 0 Å². The highest BCUT2D eigenvalue weighted by Gasteiger charge is 2.30. The molecule has 2 aliphatic rings. The molecule has 4 aromatic carbocycles. The number of phenolic OH excluding ortho intramolecular Hbond substituents is 1. The van der Waals surface area contributed by atoms with E-state index < -0.39 is 116 Å². The molecule has 0 aliphatic carbocycles. The Kier molecular flexibility index (Phi) is 32.2. The molecule has 2 saturated heterocycles. The number of piperazine rings is 2. The van der Waals surface area contributed by atoms with E-state index in [1.807, 2.05) is 30.3 Å². The van der Waals surface area contributed by atoms with Crippen LogP contribution in [0.3, 0.4) is 0 Å². The van der Waals surface area contributed by atoms with Crippen LogP contribution >= 0.6 is 0 Å². The highest BCUT2D eigenvalue weighted by Crippen LogP contribution is 2.33. The van der Waals surface area contributed by atoms with Crippen molar-refractivity contribution in [1.82, 2.24) is 50.3 Å². The number of carbonyl (C=O) groups excluding carboxylic acids is 5. The Morgan fingerprint density at radius 1 is 0.533 bits per heavy atom. The number of aromatic hydroxyl groups is 1. The first-order valence-corrected chi connectivity index (χ1v) is 35.0. The number of aromatic nitrogens is 6. The number of phenols is 1. The Labute approximate surface area is 607 Å². The summed E-state index contributed by atoms with van der Waals surface area (Å²) in [5.41, 5.74) is 19.1. The fraction of sp³-hybridized carbons (Fsp3) is 0.424. The number of H-pyrrole nitrogens is 2. The van der Waals surface area contributed by atoms with E-state index >= 15 is 0 Å². The number of aromatic amines is 2. The predicted octanol–water partition coefficient (Wildman–Crippen LogP) is 6.16. The molecule has 2 fully saturated rings. The van der Waals surface area contributed by atoms with Crippen LogP contribution in [-0.2, 0) is 72.3 Å². The number of aryl methyl sites for hydroxylation is 2. The van der Waals surface area contributed by atoms with Crippen molar-refractivity contribution in [1.29, 1.82) is 0 Å². The molecule has 0 bridgehead atoms. The number of halogens is 8. The summed E-state index contributed by atoms with van der Waals surface area (Å²) in [6, 6.07) is 10.6. The molecule has 41 heteroatoms. The second-order valence-electron chi connectivity index (χ2n) is 23.7. The summed E-state index contributed by atoms with van der Waals surface area (Å²) in [5, 5.41) is 24.1. The van der Waals surface area contributed by atoms with Gasteiger partial charge in [0, 0.05) is 112 Å². The van der Waals surface area contributed by atoms with Gasteiger partial charge >= 0.3 is 33.2 Å². The number of carboxylic acids is 1. The quantitative estimate of drug-likeness (QED) is 0.0104. The molecule has 0 saturated carbocycles. The Balaban J connectivity index is 0.000000273. The van der Waals surface area contributed by atoms with E-state index in [1.54, 1.807) is 23.6 Å². The number of nitrogens with zero attached hydrogens (tertiary/aromatic N) is 8. The van der Waals surface area contributed by atoms with Gasteiger partial charge in [0.1, 0.15) is 57.4 Å². The molecule has 2 aliphatic heterocycles. The highest BCUT2D eigenvalue weighted by atomic mass is 32.2. The van der Waals surface area contributed by atoms with Crippen molar-refractivity contribution in [3.05, 3.63) is 107 Å². The summed E-state index contributed by atoms with van der Waals surface area (Å²) in [4.78, 5) is 106. The molecule has 31 nitrogen and oxygen atoms in total.